The molecular weight excluding hydrogens is 380 g/mol. The molecule has 1 aliphatic heterocycles. The van der Waals surface area contributed by atoms with Gasteiger partial charge in [0.05, 0.1) is 5.56 Å². The van der Waals surface area contributed by atoms with E-state index in [1.54, 1.807) is 36.4 Å². The van der Waals surface area contributed by atoms with Crippen LogP contribution in [0.15, 0.2) is 53.1 Å². The summed E-state index contributed by atoms with van der Waals surface area (Å²) in [5.41, 5.74) is 1.26. The van der Waals surface area contributed by atoms with Crippen molar-refractivity contribution in [1.29, 1.82) is 0 Å². The Kier molecular flexibility index (Phi) is 4.36. The lowest BCUT2D eigenvalue weighted by Crippen LogP contribution is -2.09. The van der Waals surface area contributed by atoms with Gasteiger partial charge in [-0.3, -0.25) is 0 Å². The van der Waals surface area contributed by atoms with Crippen LogP contribution in [0.4, 0.5) is 8.78 Å². The number of benzene rings is 2. The first-order valence-electron chi connectivity index (χ1n) is 9.13. The molecule has 1 saturated heterocycles. The Morgan fingerprint density at radius 2 is 1.79 bits per heavy atom. The predicted octanol–water partition coefficient (Wildman–Crippen LogP) is 4.11. The second kappa shape index (κ2) is 7.17. The molecule has 0 saturated carbocycles. The number of aromatic nitrogens is 5. The van der Waals surface area contributed by atoms with Crippen LogP contribution >= 0.6 is 0 Å². The largest absolute Gasteiger partial charge is 0.372 e. The summed E-state index contributed by atoms with van der Waals surface area (Å²) in [6, 6.07) is 12.4. The first-order valence-corrected chi connectivity index (χ1v) is 9.13. The van der Waals surface area contributed by atoms with Gasteiger partial charge < -0.3 is 9.26 Å². The molecular formula is C20H15F2N5O2. The SMILES string of the molecule is Fc1ccccc1-c1noc(-c2nnn(-c3ccccc3F)c2C2CCCO2)n1. The topological polar surface area (TPSA) is 78.9 Å². The van der Waals surface area contributed by atoms with E-state index in [4.69, 9.17) is 9.26 Å². The molecule has 4 aromatic rings. The number of hydrogen-bond acceptors (Lipinski definition) is 6. The summed E-state index contributed by atoms with van der Waals surface area (Å²) in [4.78, 5) is 4.29. The van der Waals surface area contributed by atoms with Gasteiger partial charge in [-0.2, -0.15) is 4.98 Å². The van der Waals surface area contributed by atoms with Crippen LogP contribution in [0.5, 0.6) is 0 Å². The summed E-state index contributed by atoms with van der Waals surface area (Å²) in [5, 5.41) is 12.1. The Balaban J connectivity index is 1.63. The molecule has 5 rings (SSSR count). The lowest BCUT2D eigenvalue weighted by atomic mass is 10.1. The van der Waals surface area contributed by atoms with E-state index in [-0.39, 0.29) is 34.8 Å². The zero-order valence-electron chi connectivity index (χ0n) is 15.1. The van der Waals surface area contributed by atoms with E-state index in [9.17, 15) is 8.78 Å². The van der Waals surface area contributed by atoms with Crippen LogP contribution in [0, 0.1) is 11.6 Å². The molecule has 1 atom stereocenters. The van der Waals surface area contributed by atoms with Gasteiger partial charge in [-0.25, -0.2) is 13.5 Å². The van der Waals surface area contributed by atoms with Gasteiger partial charge in [0.15, 0.2) is 5.69 Å². The Hall–Kier alpha value is -3.46. The van der Waals surface area contributed by atoms with Crippen LogP contribution in [0.2, 0.25) is 0 Å². The molecule has 0 radical (unpaired) electrons. The Morgan fingerprint density at radius 1 is 1.00 bits per heavy atom. The molecule has 9 heteroatoms. The van der Waals surface area contributed by atoms with Gasteiger partial charge in [-0.1, -0.05) is 34.6 Å². The van der Waals surface area contributed by atoms with E-state index in [0.29, 0.717) is 12.3 Å². The van der Waals surface area contributed by atoms with E-state index in [2.05, 4.69) is 20.5 Å². The van der Waals surface area contributed by atoms with Crippen molar-refractivity contribution in [3.8, 4) is 28.7 Å². The minimum absolute atomic E-state index is 0.0661. The molecule has 3 heterocycles. The monoisotopic (exact) mass is 395 g/mol. The van der Waals surface area contributed by atoms with Gasteiger partial charge in [0.2, 0.25) is 5.82 Å². The summed E-state index contributed by atoms with van der Waals surface area (Å²) >= 11 is 0. The molecule has 1 unspecified atom stereocenters. The van der Waals surface area contributed by atoms with Gasteiger partial charge in [-0.15, -0.1) is 5.10 Å². The maximum absolute atomic E-state index is 14.4. The van der Waals surface area contributed by atoms with Crippen LogP contribution in [-0.2, 0) is 4.74 Å². The van der Waals surface area contributed by atoms with E-state index < -0.39 is 11.6 Å². The third-order valence-electron chi connectivity index (χ3n) is 4.76. The summed E-state index contributed by atoms with van der Waals surface area (Å²) in [6.07, 6.45) is 1.24. The first kappa shape index (κ1) is 17.6. The second-order valence-electron chi connectivity index (χ2n) is 6.59. The fourth-order valence-corrected chi connectivity index (χ4v) is 3.40. The van der Waals surface area contributed by atoms with E-state index in [1.165, 1.54) is 16.8 Å². The van der Waals surface area contributed by atoms with Crippen molar-refractivity contribution >= 4 is 0 Å². The zero-order chi connectivity index (χ0) is 19.8. The predicted molar refractivity (Wildman–Crippen MR) is 97.9 cm³/mol. The summed E-state index contributed by atoms with van der Waals surface area (Å²) in [7, 11) is 0. The first-order chi connectivity index (χ1) is 14.2. The highest BCUT2D eigenvalue weighted by Crippen LogP contribution is 2.36. The fourth-order valence-electron chi connectivity index (χ4n) is 3.40. The maximum Gasteiger partial charge on any atom is 0.280 e. The van der Waals surface area contributed by atoms with Crippen LogP contribution in [0.1, 0.15) is 24.6 Å². The molecule has 29 heavy (non-hydrogen) atoms. The molecule has 1 fully saturated rings. The van der Waals surface area contributed by atoms with Crippen molar-refractivity contribution in [2.45, 2.75) is 18.9 Å². The molecule has 0 bridgehead atoms. The fraction of sp³-hybridized carbons (Fsp3) is 0.200. The van der Waals surface area contributed by atoms with Crippen molar-refractivity contribution in [1.82, 2.24) is 25.1 Å². The van der Waals surface area contributed by atoms with Crippen molar-refractivity contribution in [3.05, 3.63) is 65.9 Å². The van der Waals surface area contributed by atoms with Crippen molar-refractivity contribution in [2.75, 3.05) is 6.61 Å². The van der Waals surface area contributed by atoms with Crippen LogP contribution < -0.4 is 0 Å². The second-order valence-corrected chi connectivity index (χ2v) is 6.59. The standard InChI is InChI=1S/C20H15F2N5O2/c21-13-7-2-1-6-12(13)19-23-20(29-25-19)17-18(16-10-5-11-28-16)27(26-24-17)15-9-4-3-8-14(15)22/h1-4,6-9,16H,5,10-11H2. The molecule has 1 aliphatic rings. The van der Waals surface area contributed by atoms with Crippen molar-refractivity contribution in [3.63, 3.8) is 0 Å². The summed E-state index contributed by atoms with van der Waals surface area (Å²) in [5.74, 6) is -0.747. The van der Waals surface area contributed by atoms with Gasteiger partial charge in [0, 0.05) is 6.61 Å². The van der Waals surface area contributed by atoms with Crippen molar-refractivity contribution < 1.29 is 18.0 Å². The minimum atomic E-state index is -0.464. The Labute approximate surface area is 163 Å². The highest BCUT2D eigenvalue weighted by molar-refractivity contribution is 5.60. The summed E-state index contributed by atoms with van der Waals surface area (Å²) in [6.45, 7) is 0.580. The smallest absolute Gasteiger partial charge is 0.280 e. The average molecular weight is 395 g/mol. The number of nitrogens with zero attached hydrogens (tertiary/aromatic N) is 5. The van der Waals surface area contributed by atoms with Gasteiger partial charge >= 0.3 is 0 Å². The lowest BCUT2D eigenvalue weighted by Gasteiger charge is -2.13. The van der Waals surface area contributed by atoms with Crippen LogP contribution in [0.3, 0.4) is 0 Å². The third-order valence-corrected chi connectivity index (χ3v) is 4.76. The number of ether oxygens (including phenoxy) is 1. The van der Waals surface area contributed by atoms with E-state index in [1.807, 2.05) is 0 Å². The molecule has 0 aliphatic carbocycles. The molecule has 2 aromatic heterocycles. The van der Waals surface area contributed by atoms with Gasteiger partial charge in [0.1, 0.15) is 29.1 Å². The van der Waals surface area contributed by atoms with E-state index >= 15 is 0 Å². The number of rotatable bonds is 4. The Bertz CT molecular complexity index is 1170. The highest BCUT2D eigenvalue weighted by Gasteiger charge is 2.31. The zero-order valence-corrected chi connectivity index (χ0v) is 15.1. The number of hydrogen-bond donors (Lipinski definition) is 0. The summed E-state index contributed by atoms with van der Waals surface area (Å²) < 4.78 is 41.0. The molecule has 0 amide bonds. The van der Waals surface area contributed by atoms with E-state index in [0.717, 1.165) is 12.8 Å². The third kappa shape index (κ3) is 3.09. The van der Waals surface area contributed by atoms with Crippen molar-refractivity contribution in [2.24, 2.45) is 0 Å². The average Bonchev–Trinajstić information content (AvgIpc) is 3.48. The van der Waals surface area contributed by atoms with Crippen LogP contribution in [-0.4, -0.2) is 31.7 Å². The normalized spacial score (nSPS) is 16.4. The Morgan fingerprint density at radius 3 is 2.55 bits per heavy atom. The maximum atomic E-state index is 14.4. The number of para-hydroxylation sites is 1. The molecule has 2 aromatic carbocycles. The molecule has 146 valence electrons. The number of halogens is 2. The molecule has 7 nitrogen and oxygen atoms in total. The molecule has 0 spiro atoms. The van der Waals surface area contributed by atoms with Crippen LogP contribution in [0.25, 0.3) is 28.7 Å². The van der Waals surface area contributed by atoms with Gasteiger partial charge in [-0.05, 0) is 37.1 Å². The lowest BCUT2D eigenvalue weighted by molar-refractivity contribution is 0.107. The highest BCUT2D eigenvalue weighted by atomic mass is 19.1. The quantitative estimate of drug-likeness (QED) is 0.517. The minimum Gasteiger partial charge on any atom is -0.372 e. The van der Waals surface area contributed by atoms with Gasteiger partial charge in [0.25, 0.3) is 5.89 Å². The molecule has 0 N–H and O–H groups in total.